The standard InChI is InChI=1S/C14H17F3N2O2/c15-14(16,17)10-5-1-2-6-12(10)19-13(21)18-11-7-3-4-9(11)8-20/h1-2,5-6,9,11,20H,3-4,7-8H2,(H2,18,19,21). The van der Waals surface area contributed by atoms with Crippen molar-refractivity contribution in [2.24, 2.45) is 5.92 Å². The van der Waals surface area contributed by atoms with Gasteiger partial charge in [-0.05, 0) is 25.0 Å². The van der Waals surface area contributed by atoms with Crippen LogP contribution in [0.1, 0.15) is 24.8 Å². The number of aliphatic hydroxyl groups is 1. The van der Waals surface area contributed by atoms with E-state index in [9.17, 15) is 18.0 Å². The third kappa shape index (κ3) is 3.87. The van der Waals surface area contributed by atoms with E-state index in [4.69, 9.17) is 5.11 Å². The molecule has 0 aromatic heterocycles. The van der Waals surface area contributed by atoms with Crippen molar-refractivity contribution in [3.8, 4) is 0 Å². The third-order valence-electron chi connectivity index (χ3n) is 3.69. The summed E-state index contributed by atoms with van der Waals surface area (Å²) in [6.07, 6.45) is -2.11. The number of alkyl halides is 3. The van der Waals surface area contributed by atoms with Gasteiger partial charge in [-0.2, -0.15) is 13.2 Å². The molecular formula is C14H17F3N2O2. The van der Waals surface area contributed by atoms with Crippen LogP contribution in [0.15, 0.2) is 24.3 Å². The van der Waals surface area contributed by atoms with E-state index in [0.29, 0.717) is 0 Å². The second-order valence-corrected chi connectivity index (χ2v) is 5.12. The average molecular weight is 302 g/mol. The number of rotatable bonds is 3. The predicted molar refractivity (Wildman–Crippen MR) is 71.8 cm³/mol. The molecule has 7 heteroatoms. The van der Waals surface area contributed by atoms with Gasteiger partial charge in [0.05, 0.1) is 11.3 Å². The van der Waals surface area contributed by atoms with Crippen molar-refractivity contribution in [1.82, 2.24) is 5.32 Å². The van der Waals surface area contributed by atoms with Gasteiger partial charge in [0.25, 0.3) is 0 Å². The van der Waals surface area contributed by atoms with E-state index in [-0.39, 0.29) is 24.3 Å². The van der Waals surface area contributed by atoms with Gasteiger partial charge in [0.2, 0.25) is 0 Å². The highest BCUT2D eigenvalue weighted by atomic mass is 19.4. The van der Waals surface area contributed by atoms with Gasteiger partial charge in [-0.3, -0.25) is 0 Å². The Morgan fingerprint density at radius 3 is 2.67 bits per heavy atom. The first-order chi connectivity index (χ1) is 9.91. The summed E-state index contributed by atoms with van der Waals surface area (Å²) in [4.78, 5) is 11.8. The molecule has 0 heterocycles. The summed E-state index contributed by atoms with van der Waals surface area (Å²) in [6, 6.07) is 3.94. The van der Waals surface area contributed by atoms with Crippen molar-refractivity contribution in [2.75, 3.05) is 11.9 Å². The lowest BCUT2D eigenvalue weighted by molar-refractivity contribution is -0.136. The number of nitrogens with one attached hydrogen (secondary N) is 2. The van der Waals surface area contributed by atoms with Crippen molar-refractivity contribution in [1.29, 1.82) is 0 Å². The highest BCUT2D eigenvalue weighted by Gasteiger charge is 2.34. The number of carbonyl (C=O) groups excluding carboxylic acids is 1. The van der Waals surface area contributed by atoms with Gasteiger partial charge >= 0.3 is 12.2 Å². The molecule has 2 unspecified atom stereocenters. The Balaban J connectivity index is 2.03. The summed E-state index contributed by atoms with van der Waals surface area (Å²) < 4.78 is 38.4. The maximum atomic E-state index is 12.8. The van der Waals surface area contributed by atoms with Gasteiger partial charge in [-0.15, -0.1) is 0 Å². The van der Waals surface area contributed by atoms with Gasteiger partial charge in [0, 0.05) is 18.6 Å². The molecule has 2 amide bonds. The topological polar surface area (TPSA) is 61.4 Å². The fourth-order valence-electron chi connectivity index (χ4n) is 2.61. The van der Waals surface area contributed by atoms with E-state index < -0.39 is 17.8 Å². The molecule has 0 bridgehead atoms. The van der Waals surface area contributed by atoms with Crippen LogP contribution in [0, 0.1) is 5.92 Å². The third-order valence-corrected chi connectivity index (χ3v) is 3.69. The first-order valence-corrected chi connectivity index (χ1v) is 6.76. The summed E-state index contributed by atoms with van der Waals surface area (Å²) in [5.74, 6) is -0.0337. The van der Waals surface area contributed by atoms with Gasteiger partial charge < -0.3 is 15.7 Å². The highest BCUT2D eigenvalue weighted by Crippen LogP contribution is 2.34. The molecule has 4 nitrogen and oxygen atoms in total. The molecule has 1 fully saturated rings. The smallest absolute Gasteiger partial charge is 0.396 e. The van der Waals surface area contributed by atoms with Gasteiger partial charge in [0.1, 0.15) is 0 Å². The van der Waals surface area contributed by atoms with Crippen LogP contribution < -0.4 is 10.6 Å². The minimum atomic E-state index is -4.52. The van der Waals surface area contributed by atoms with Crippen LogP contribution in [0.5, 0.6) is 0 Å². The maximum Gasteiger partial charge on any atom is 0.418 e. The summed E-state index contributed by atoms with van der Waals surface area (Å²) in [5.41, 5.74) is -1.16. The van der Waals surface area contributed by atoms with Crippen molar-refractivity contribution >= 4 is 11.7 Å². The summed E-state index contributed by atoms with van der Waals surface area (Å²) in [7, 11) is 0. The zero-order valence-corrected chi connectivity index (χ0v) is 11.3. The van der Waals surface area contributed by atoms with Gasteiger partial charge in [0.15, 0.2) is 0 Å². The molecule has 0 spiro atoms. The summed E-state index contributed by atoms with van der Waals surface area (Å²) >= 11 is 0. The Kier molecular flexibility index (Phi) is 4.72. The van der Waals surface area contributed by atoms with Crippen molar-refractivity contribution in [3.05, 3.63) is 29.8 Å². The molecule has 1 aliphatic carbocycles. The van der Waals surface area contributed by atoms with E-state index in [1.54, 1.807) is 0 Å². The quantitative estimate of drug-likeness (QED) is 0.804. The monoisotopic (exact) mass is 302 g/mol. The number of para-hydroxylation sites is 1. The van der Waals surface area contributed by atoms with Crippen LogP contribution in [0.25, 0.3) is 0 Å². The van der Waals surface area contributed by atoms with Crippen LogP contribution >= 0.6 is 0 Å². The normalized spacial score (nSPS) is 22.1. The number of halogens is 3. The fourth-order valence-corrected chi connectivity index (χ4v) is 2.61. The number of hydrogen-bond donors (Lipinski definition) is 3. The lowest BCUT2D eigenvalue weighted by atomic mass is 10.1. The van der Waals surface area contributed by atoms with Crippen LogP contribution in [-0.2, 0) is 6.18 Å². The van der Waals surface area contributed by atoms with Crippen LogP contribution in [0.2, 0.25) is 0 Å². The molecule has 1 aromatic carbocycles. The number of amides is 2. The second kappa shape index (κ2) is 6.34. The van der Waals surface area contributed by atoms with Crippen LogP contribution in [-0.4, -0.2) is 23.8 Å². The Labute approximate surface area is 120 Å². The van der Waals surface area contributed by atoms with E-state index in [1.165, 1.54) is 18.2 Å². The SMILES string of the molecule is O=C(Nc1ccccc1C(F)(F)F)NC1CCCC1CO. The summed E-state index contributed by atoms with van der Waals surface area (Å²) in [5, 5.41) is 14.0. The molecule has 1 aromatic rings. The number of aliphatic hydroxyl groups excluding tert-OH is 1. The van der Waals surface area contributed by atoms with Gasteiger partial charge in [-0.1, -0.05) is 18.6 Å². The first-order valence-electron chi connectivity index (χ1n) is 6.76. The second-order valence-electron chi connectivity index (χ2n) is 5.12. The number of hydrogen-bond acceptors (Lipinski definition) is 2. The molecule has 1 saturated carbocycles. The Morgan fingerprint density at radius 1 is 1.29 bits per heavy atom. The lowest BCUT2D eigenvalue weighted by Gasteiger charge is -2.20. The zero-order valence-electron chi connectivity index (χ0n) is 11.3. The average Bonchev–Trinajstić information content (AvgIpc) is 2.85. The van der Waals surface area contributed by atoms with E-state index in [1.807, 2.05) is 0 Å². The molecule has 0 saturated heterocycles. The zero-order chi connectivity index (χ0) is 15.5. The Hall–Kier alpha value is -1.76. The molecule has 1 aliphatic rings. The van der Waals surface area contributed by atoms with E-state index >= 15 is 0 Å². The minimum Gasteiger partial charge on any atom is -0.396 e. The minimum absolute atomic E-state index is 0.0337. The lowest BCUT2D eigenvalue weighted by Crippen LogP contribution is -2.41. The van der Waals surface area contributed by atoms with Crippen molar-refractivity contribution in [3.63, 3.8) is 0 Å². The van der Waals surface area contributed by atoms with Crippen molar-refractivity contribution in [2.45, 2.75) is 31.5 Å². The van der Waals surface area contributed by atoms with Crippen molar-refractivity contribution < 1.29 is 23.1 Å². The molecule has 3 N–H and O–H groups in total. The van der Waals surface area contributed by atoms with E-state index in [2.05, 4.69) is 10.6 Å². The largest absolute Gasteiger partial charge is 0.418 e. The molecule has 0 aliphatic heterocycles. The maximum absolute atomic E-state index is 12.8. The van der Waals surface area contributed by atoms with E-state index in [0.717, 1.165) is 25.3 Å². The summed E-state index contributed by atoms with van der Waals surface area (Å²) in [6.45, 7) is -0.0376. The number of benzene rings is 1. The molecule has 0 radical (unpaired) electrons. The molecular weight excluding hydrogens is 285 g/mol. The molecule has 116 valence electrons. The number of carbonyl (C=O) groups is 1. The predicted octanol–water partition coefficient (Wildman–Crippen LogP) is 2.99. The number of anilines is 1. The highest BCUT2D eigenvalue weighted by molar-refractivity contribution is 5.90. The fraction of sp³-hybridized carbons (Fsp3) is 0.500. The molecule has 21 heavy (non-hydrogen) atoms. The molecule has 2 atom stereocenters. The Morgan fingerprint density at radius 2 is 2.00 bits per heavy atom. The molecule has 2 rings (SSSR count). The number of urea groups is 1. The van der Waals surface area contributed by atoms with Crippen LogP contribution in [0.4, 0.5) is 23.7 Å². The first kappa shape index (κ1) is 15.6. The van der Waals surface area contributed by atoms with Crippen LogP contribution in [0.3, 0.4) is 0 Å². The Bertz CT molecular complexity index is 505. The van der Waals surface area contributed by atoms with Gasteiger partial charge in [-0.25, -0.2) is 4.79 Å².